The molecule has 0 bridgehead atoms. The molecule has 1 N–H and O–H groups in total. The van der Waals surface area contributed by atoms with Crippen molar-refractivity contribution in [2.24, 2.45) is 0 Å². The van der Waals surface area contributed by atoms with Crippen molar-refractivity contribution in [2.45, 2.75) is 6.92 Å². The van der Waals surface area contributed by atoms with Crippen LogP contribution in [0.1, 0.15) is 10.4 Å². The van der Waals surface area contributed by atoms with Gasteiger partial charge in [-0.1, -0.05) is 22.0 Å². The highest BCUT2D eigenvalue weighted by Gasteiger charge is 2.00. The highest BCUT2D eigenvalue weighted by molar-refractivity contribution is 9.10. The van der Waals surface area contributed by atoms with Crippen molar-refractivity contribution < 1.29 is 4.79 Å². The summed E-state index contributed by atoms with van der Waals surface area (Å²) in [5.41, 5.74) is 1.89. The highest BCUT2D eigenvalue weighted by atomic mass is 79.9. The van der Waals surface area contributed by atoms with Gasteiger partial charge in [0.15, 0.2) is 0 Å². The summed E-state index contributed by atoms with van der Waals surface area (Å²) in [5, 5.41) is 4.81. The Kier molecular flexibility index (Phi) is 4.33. The second kappa shape index (κ2) is 5.98. The molecule has 1 heterocycles. The number of benzene rings is 1. The first-order chi connectivity index (χ1) is 8.65. The smallest absolute Gasteiger partial charge is 0.248 e. The molecule has 0 saturated carbocycles. The Morgan fingerprint density at radius 1 is 1.39 bits per heavy atom. The number of anilines is 1. The normalized spacial score (nSPS) is 10.8. The van der Waals surface area contributed by atoms with Crippen molar-refractivity contribution >= 4 is 44.9 Å². The van der Waals surface area contributed by atoms with Crippen LogP contribution in [0, 0.1) is 6.92 Å². The number of hydrogen-bond donors (Lipinski definition) is 1. The summed E-state index contributed by atoms with van der Waals surface area (Å²) in [6, 6.07) is 9.65. The molecular weight excluding hydrogens is 310 g/mol. The quantitative estimate of drug-likeness (QED) is 0.830. The Hall–Kier alpha value is -1.39. The fourth-order valence-corrected chi connectivity index (χ4v) is 2.31. The molecule has 0 spiro atoms. The second-order valence-electron chi connectivity index (χ2n) is 3.80. The molecule has 0 aliphatic heterocycles. The lowest BCUT2D eigenvalue weighted by Gasteiger charge is -2.04. The van der Waals surface area contributed by atoms with Gasteiger partial charge in [-0.15, -0.1) is 11.3 Å². The second-order valence-corrected chi connectivity index (χ2v) is 5.64. The van der Waals surface area contributed by atoms with Crippen LogP contribution in [0.4, 0.5) is 5.69 Å². The lowest BCUT2D eigenvalue weighted by molar-refractivity contribution is -0.111. The number of hydrogen-bond acceptors (Lipinski definition) is 2. The van der Waals surface area contributed by atoms with Gasteiger partial charge in [0.25, 0.3) is 0 Å². The molecular formula is C14H12BrNOS. The number of carbonyl (C=O) groups is 1. The van der Waals surface area contributed by atoms with E-state index in [4.69, 9.17) is 0 Å². The van der Waals surface area contributed by atoms with E-state index in [-0.39, 0.29) is 5.91 Å². The van der Waals surface area contributed by atoms with E-state index in [1.165, 1.54) is 0 Å². The van der Waals surface area contributed by atoms with Gasteiger partial charge in [0, 0.05) is 21.1 Å². The topological polar surface area (TPSA) is 29.1 Å². The highest BCUT2D eigenvalue weighted by Crippen LogP contribution is 2.20. The molecule has 0 aliphatic carbocycles. The number of halogens is 1. The molecule has 4 heteroatoms. The molecule has 2 aromatic rings. The lowest BCUT2D eigenvalue weighted by atomic mass is 10.2. The van der Waals surface area contributed by atoms with Crippen LogP contribution in [0.5, 0.6) is 0 Å². The largest absolute Gasteiger partial charge is 0.323 e. The van der Waals surface area contributed by atoms with Crippen LogP contribution < -0.4 is 5.32 Å². The van der Waals surface area contributed by atoms with Gasteiger partial charge in [0.2, 0.25) is 5.91 Å². The summed E-state index contributed by atoms with van der Waals surface area (Å²) < 4.78 is 1.04. The zero-order chi connectivity index (χ0) is 13.0. The molecule has 0 atom stereocenters. The van der Waals surface area contributed by atoms with E-state index in [1.807, 2.05) is 48.7 Å². The minimum Gasteiger partial charge on any atom is -0.323 e. The predicted molar refractivity (Wildman–Crippen MR) is 80.9 cm³/mol. The van der Waals surface area contributed by atoms with Crippen LogP contribution in [-0.4, -0.2) is 5.91 Å². The molecule has 18 heavy (non-hydrogen) atoms. The van der Waals surface area contributed by atoms with Gasteiger partial charge < -0.3 is 5.32 Å². The molecule has 1 aromatic heterocycles. The number of rotatable bonds is 3. The van der Waals surface area contributed by atoms with Crippen LogP contribution in [0.2, 0.25) is 0 Å². The Bertz CT molecular complexity index is 575. The maximum absolute atomic E-state index is 11.7. The molecule has 0 aliphatic rings. The minimum absolute atomic E-state index is 0.120. The fourth-order valence-electron chi connectivity index (χ4n) is 1.45. The molecule has 2 nitrogen and oxygen atoms in total. The van der Waals surface area contributed by atoms with Crippen LogP contribution in [-0.2, 0) is 4.79 Å². The van der Waals surface area contributed by atoms with Crippen molar-refractivity contribution in [3.63, 3.8) is 0 Å². The third kappa shape index (κ3) is 3.55. The van der Waals surface area contributed by atoms with E-state index in [2.05, 4.69) is 21.2 Å². The Morgan fingerprint density at radius 3 is 2.89 bits per heavy atom. The van der Waals surface area contributed by atoms with Gasteiger partial charge in [0.05, 0.1) is 0 Å². The number of carbonyl (C=O) groups excluding carboxylic acids is 1. The van der Waals surface area contributed by atoms with Crippen molar-refractivity contribution in [2.75, 3.05) is 5.32 Å². The molecule has 1 amide bonds. The molecule has 0 unspecified atom stereocenters. The van der Waals surface area contributed by atoms with Crippen LogP contribution in [0.3, 0.4) is 0 Å². The monoisotopic (exact) mass is 321 g/mol. The Labute approximate surface area is 118 Å². The van der Waals surface area contributed by atoms with E-state index in [1.54, 1.807) is 17.4 Å². The zero-order valence-electron chi connectivity index (χ0n) is 9.81. The van der Waals surface area contributed by atoms with E-state index >= 15 is 0 Å². The first-order valence-corrected chi connectivity index (χ1v) is 7.11. The summed E-state index contributed by atoms with van der Waals surface area (Å²) in [6.07, 6.45) is 3.36. The summed E-state index contributed by atoms with van der Waals surface area (Å²) in [7, 11) is 0. The summed E-state index contributed by atoms with van der Waals surface area (Å²) in [4.78, 5) is 12.8. The van der Waals surface area contributed by atoms with Gasteiger partial charge >= 0.3 is 0 Å². The molecule has 0 saturated heterocycles. The standard InChI is InChI=1S/C14H12BrNOS/c1-10-9-11(4-6-13(10)15)16-14(17)7-5-12-3-2-8-18-12/h2-9H,1H3,(H,16,17). The SMILES string of the molecule is Cc1cc(NC(=O)C=Cc2cccs2)ccc1Br. The van der Waals surface area contributed by atoms with Gasteiger partial charge in [0.1, 0.15) is 0 Å². The van der Waals surface area contributed by atoms with Crippen molar-refractivity contribution in [3.8, 4) is 0 Å². The summed E-state index contributed by atoms with van der Waals surface area (Å²) in [6.45, 7) is 1.99. The maximum atomic E-state index is 11.7. The van der Waals surface area contributed by atoms with Gasteiger partial charge in [-0.25, -0.2) is 0 Å². The van der Waals surface area contributed by atoms with Gasteiger partial charge in [-0.05, 0) is 48.2 Å². The predicted octanol–water partition coefficient (Wildman–Crippen LogP) is 4.47. The first-order valence-electron chi connectivity index (χ1n) is 5.44. The van der Waals surface area contributed by atoms with E-state index < -0.39 is 0 Å². The average Bonchev–Trinajstić information content (AvgIpc) is 2.84. The molecule has 92 valence electrons. The molecule has 2 rings (SSSR count). The summed E-state index contributed by atoms with van der Waals surface area (Å²) >= 11 is 5.03. The maximum Gasteiger partial charge on any atom is 0.248 e. The Morgan fingerprint density at radius 2 is 2.22 bits per heavy atom. The van der Waals surface area contributed by atoms with E-state index in [0.29, 0.717) is 0 Å². The van der Waals surface area contributed by atoms with Gasteiger partial charge in [-0.3, -0.25) is 4.79 Å². The van der Waals surface area contributed by atoms with Crippen molar-refractivity contribution in [3.05, 3.63) is 56.7 Å². The third-order valence-electron chi connectivity index (χ3n) is 2.37. The van der Waals surface area contributed by atoms with Gasteiger partial charge in [-0.2, -0.15) is 0 Å². The molecule has 0 fully saturated rings. The van der Waals surface area contributed by atoms with Crippen LogP contribution in [0.25, 0.3) is 6.08 Å². The number of nitrogens with one attached hydrogen (secondary N) is 1. The number of amides is 1. The Balaban J connectivity index is 2.01. The molecule has 0 radical (unpaired) electrons. The number of aryl methyl sites for hydroxylation is 1. The lowest BCUT2D eigenvalue weighted by Crippen LogP contribution is -2.07. The van der Waals surface area contributed by atoms with Crippen LogP contribution in [0.15, 0.2) is 46.3 Å². The zero-order valence-corrected chi connectivity index (χ0v) is 12.2. The fraction of sp³-hybridized carbons (Fsp3) is 0.0714. The van der Waals surface area contributed by atoms with Crippen molar-refractivity contribution in [1.82, 2.24) is 0 Å². The number of thiophene rings is 1. The van der Waals surface area contributed by atoms with E-state index in [9.17, 15) is 4.79 Å². The third-order valence-corrected chi connectivity index (χ3v) is 4.09. The average molecular weight is 322 g/mol. The minimum atomic E-state index is -0.120. The summed E-state index contributed by atoms with van der Waals surface area (Å²) in [5.74, 6) is -0.120. The van der Waals surface area contributed by atoms with Crippen LogP contribution >= 0.6 is 27.3 Å². The van der Waals surface area contributed by atoms with Crippen molar-refractivity contribution in [1.29, 1.82) is 0 Å². The first kappa shape index (κ1) is 13.1. The molecule has 1 aromatic carbocycles. The van der Waals surface area contributed by atoms with E-state index in [0.717, 1.165) is 20.6 Å².